The molecule has 1 fully saturated rings. The number of halogens is 1. The maximum Gasteiger partial charge on any atom is 0.380 e. The van der Waals surface area contributed by atoms with Crippen LogP contribution in [0.25, 0.3) is 38.2 Å². The summed E-state index contributed by atoms with van der Waals surface area (Å²) >= 11 is 0. The Labute approximate surface area is 349 Å². The van der Waals surface area contributed by atoms with E-state index in [1.165, 1.54) is 27.1 Å². The molecule has 5 aliphatic rings. The van der Waals surface area contributed by atoms with Gasteiger partial charge in [0.25, 0.3) is 5.52 Å². The monoisotopic (exact) mass is 800 g/mol. The van der Waals surface area contributed by atoms with Crippen LogP contribution >= 0.6 is 0 Å². The molecule has 1 aliphatic carbocycles. The van der Waals surface area contributed by atoms with Gasteiger partial charge in [-0.05, 0) is 102 Å². The highest BCUT2D eigenvalue weighted by molar-refractivity contribution is 5.94. The quantitative estimate of drug-likeness (QED) is 0.116. The maximum atomic E-state index is 7.78. The normalized spacial score (nSPS) is 23.8. The lowest BCUT2D eigenvalue weighted by Gasteiger charge is -2.55. The number of ether oxygens (including phenoxy) is 4. The van der Waals surface area contributed by atoms with Gasteiger partial charge in [0.05, 0.1) is 29.4 Å². The number of hydrogen-bond acceptors (Lipinski definition) is 6. The summed E-state index contributed by atoms with van der Waals surface area (Å²) in [5.41, 5.74) is 6.40. The molecule has 296 valence electrons. The molecule has 1 aromatic heterocycles. The van der Waals surface area contributed by atoms with Crippen LogP contribution in [0.5, 0.6) is 17.2 Å². The highest BCUT2D eigenvalue weighted by atomic mass is 35.5. The standard InChI is InChI=1S/C51H45N2O5.ClH/c1-2-39-45-47(36(18-13-25-54-37-19-5-3-6-20-37)30-52-40-26-32-14-9-11-16-34(32)28-42(40)56-49(45)52)58-48-46(39)50-53(41-27-33-15-10-12-17-35(33)29-43(41)57-50)31-51(48)24-23-44(51)55-38-21-7-4-8-22-38;/h3-12,14-17,19-22,26-29,36,44,47-48H,2,13,18,23-25,30-31H2,1H3;1H/q+1;/p-1. The predicted molar refractivity (Wildman–Crippen MR) is 226 cm³/mol. The first-order valence-electron chi connectivity index (χ1n) is 21.0. The Bertz CT molecular complexity index is 2820. The summed E-state index contributed by atoms with van der Waals surface area (Å²) in [7, 11) is 0. The molecule has 8 heteroatoms. The Morgan fingerprint density at radius 3 is 2.17 bits per heavy atom. The van der Waals surface area contributed by atoms with Crippen molar-refractivity contribution >= 4 is 43.9 Å². The first kappa shape index (κ1) is 36.3. The lowest BCUT2D eigenvalue weighted by Crippen LogP contribution is -3.00. The fraction of sp³-hybridized carbons (Fsp3) is 0.275. The molecule has 0 saturated heterocycles. The van der Waals surface area contributed by atoms with E-state index in [-0.39, 0.29) is 42.1 Å². The zero-order valence-electron chi connectivity index (χ0n) is 33.0. The highest BCUT2D eigenvalue weighted by Crippen LogP contribution is 2.60. The maximum absolute atomic E-state index is 7.78. The zero-order valence-corrected chi connectivity index (χ0v) is 33.7. The van der Waals surface area contributed by atoms with Gasteiger partial charge in [-0.3, -0.25) is 0 Å². The first-order valence-corrected chi connectivity index (χ1v) is 21.0. The van der Waals surface area contributed by atoms with Crippen molar-refractivity contribution in [2.75, 3.05) is 18.1 Å². The van der Waals surface area contributed by atoms with Gasteiger partial charge >= 0.3 is 5.89 Å². The molecular weight excluding hydrogens is 756 g/mol. The van der Waals surface area contributed by atoms with Crippen LogP contribution < -0.4 is 36.1 Å². The lowest BCUT2D eigenvalue weighted by atomic mass is 9.58. The summed E-state index contributed by atoms with van der Waals surface area (Å²) < 4.78 is 37.5. The average Bonchev–Trinajstić information content (AvgIpc) is 3.81. The van der Waals surface area contributed by atoms with E-state index >= 15 is 0 Å². The first-order chi connectivity index (χ1) is 28.6. The third-order valence-corrected chi connectivity index (χ3v) is 13.5. The molecule has 7 nitrogen and oxygen atoms in total. The van der Waals surface area contributed by atoms with E-state index in [4.69, 9.17) is 23.4 Å². The number of nitrogens with zero attached hydrogens (tertiary/aromatic N) is 2. The van der Waals surface area contributed by atoms with Gasteiger partial charge in [0.2, 0.25) is 11.5 Å². The number of anilines is 1. The van der Waals surface area contributed by atoms with Crippen molar-refractivity contribution in [3.05, 3.63) is 156 Å². The van der Waals surface area contributed by atoms with Gasteiger partial charge in [0.1, 0.15) is 23.7 Å². The third kappa shape index (κ3) is 5.69. The van der Waals surface area contributed by atoms with Crippen LogP contribution in [-0.4, -0.2) is 31.5 Å². The number of hydrogen-bond donors (Lipinski definition) is 0. The molecule has 5 atom stereocenters. The van der Waals surface area contributed by atoms with Crippen LogP contribution in [0.1, 0.15) is 44.9 Å². The summed E-state index contributed by atoms with van der Waals surface area (Å²) in [6.07, 6.45) is 4.23. The fourth-order valence-electron chi connectivity index (χ4n) is 10.6. The van der Waals surface area contributed by atoms with Crippen LogP contribution in [0.3, 0.4) is 0 Å². The molecule has 5 unspecified atom stereocenters. The number of fused-ring (bicyclic) bond motifs is 12. The van der Waals surface area contributed by atoms with Gasteiger partial charge in [0, 0.05) is 24.1 Å². The summed E-state index contributed by atoms with van der Waals surface area (Å²) in [5, 5.41) is 4.75. The molecule has 1 spiro atoms. The van der Waals surface area contributed by atoms with Gasteiger partial charge in [-0.1, -0.05) is 91.9 Å². The molecule has 7 aromatic rings. The number of oxazole rings is 1. The minimum absolute atomic E-state index is 0. The number of benzene rings is 6. The lowest BCUT2D eigenvalue weighted by molar-refractivity contribution is -0.703. The van der Waals surface area contributed by atoms with Crippen molar-refractivity contribution in [2.45, 2.75) is 63.9 Å². The van der Waals surface area contributed by atoms with E-state index in [0.29, 0.717) is 6.61 Å². The Morgan fingerprint density at radius 2 is 1.46 bits per heavy atom. The van der Waals surface area contributed by atoms with E-state index in [1.54, 1.807) is 0 Å². The Morgan fingerprint density at radius 1 is 0.780 bits per heavy atom. The van der Waals surface area contributed by atoms with Crippen LogP contribution in [0.4, 0.5) is 5.69 Å². The Balaban J connectivity index is 0.00000397. The molecule has 12 rings (SSSR count). The predicted octanol–water partition coefficient (Wildman–Crippen LogP) is 7.80. The van der Waals surface area contributed by atoms with Crippen LogP contribution in [0.2, 0.25) is 0 Å². The third-order valence-electron chi connectivity index (χ3n) is 13.5. The van der Waals surface area contributed by atoms with Gasteiger partial charge in [-0.25, -0.2) is 0 Å². The summed E-state index contributed by atoms with van der Waals surface area (Å²) in [6, 6.07) is 46.6. The van der Waals surface area contributed by atoms with Crippen molar-refractivity contribution in [1.82, 2.24) is 0 Å². The molecule has 0 radical (unpaired) electrons. The molecule has 6 aromatic carbocycles. The van der Waals surface area contributed by atoms with E-state index in [0.717, 1.165) is 102 Å². The van der Waals surface area contributed by atoms with Crippen LogP contribution in [0.15, 0.2) is 155 Å². The van der Waals surface area contributed by atoms with E-state index in [9.17, 15) is 0 Å². The zero-order chi connectivity index (χ0) is 38.4. The second-order valence-electron chi connectivity index (χ2n) is 16.7. The smallest absolute Gasteiger partial charge is 0.380 e. The average molecular weight is 801 g/mol. The number of rotatable bonds is 8. The molecule has 0 amide bonds. The van der Waals surface area contributed by atoms with E-state index in [2.05, 4.69) is 113 Å². The molecule has 0 N–H and O–H groups in total. The van der Waals surface area contributed by atoms with Crippen molar-refractivity contribution in [1.29, 1.82) is 0 Å². The number of aromatic nitrogens is 1. The van der Waals surface area contributed by atoms with Gasteiger partial charge < -0.3 is 40.7 Å². The van der Waals surface area contributed by atoms with Crippen LogP contribution in [0, 0.1) is 11.3 Å². The van der Waals surface area contributed by atoms with Crippen LogP contribution in [-0.2, 0) is 11.3 Å². The van der Waals surface area contributed by atoms with Crippen molar-refractivity contribution < 1.29 is 40.3 Å². The van der Waals surface area contributed by atoms with E-state index < -0.39 is 0 Å². The summed E-state index contributed by atoms with van der Waals surface area (Å²) in [5.74, 6) is 4.69. The SMILES string of the molecule is CCC1=C2c3oc4cc5ccccc5cc4[n+]3CC3(CCC3Oc3ccccc3)C2OC2C1=C1Oc3cc4ccccc4cc3N1CC2CCCOc1ccccc1.[Cl-]. The number of para-hydroxylation sites is 2. The second-order valence-corrected chi connectivity index (χ2v) is 16.7. The summed E-state index contributed by atoms with van der Waals surface area (Å²) in [6.45, 7) is 4.49. The topological polar surface area (TPSA) is 57.2 Å². The van der Waals surface area contributed by atoms with Gasteiger partial charge in [-0.2, -0.15) is 4.57 Å². The molecule has 4 aliphatic heterocycles. The van der Waals surface area contributed by atoms with Gasteiger partial charge in [0.15, 0.2) is 12.3 Å². The molecule has 0 bridgehead atoms. The minimum Gasteiger partial charge on any atom is -1.00 e. The second kappa shape index (κ2) is 14.2. The van der Waals surface area contributed by atoms with Crippen molar-refractivity contribution in [3.8, 4) is 17.2 Å². The molecule has 1 saturated carbocycles. The Hall–Kier alpha value is -5.76. The van der Waals surface area contributed by atoms with Crippen molar-refractivity contribution in [2.24, 2.45) is 11.3 Å². The highest BCUT2D eigenvalue weighted by Gasteiger charge is 2.66. The van der Waals surface area contributed by atoms with Crippen molar-refractivity contribution in [3.63, 3.8) is 0 Å². The molecule has 59 heavy (non-hydrogen) atoms. The summed E-state index contributed by atoms with van der Waals surface area (Å²) in [4.78, 5) is 2.43. The fourth-order valence-corrected chi connectivity index (χ4v) is 10.6. The van der Waals surface area contributed by atoms with Gasteiger partial charge in [-0.15, -0.1) is 0 Å². The largest absolute Gasteiger partial charge is 1.00 e. The molecular formula is C51H45ClN2O5. The minimum atomic E-state index is -0.294. The van der Waals surface area contributed by atoms with E-state index in [1.807, 2.05) is 36.4 Å². The molecule has 5 heterocycles. The Kier molecular flexibility index (Phi) is 8.75.